The monoisotopic (exact) mass is 484 g/mol. The third kappa shape index (κ3) is 3.92. The average molecular weight is 487 g/mol. The summed E-state index contributed by atoms with van der Waals surface area (Å²) in [5.74, 6) is -0.303. The number of aliphatic hydroxyl groups is 1. The van der Waals surface area contributed by atoms with E-state index in [1.54, 1.807) is 19.1 Å². The molecule has 0 saturated heterocycles. The Morgan fingerprint density at radius 2 is 1.88 bits per heavy atom. The van der Waals surface area contributed by atoms with Crippen molar-refractivity contribution in [3.63, 3.8) is 0 Å². The van der Waals surface area contributed by atoms with Crippen LogP contribution in [-0.2, 0) is 0 Å². The Kier molecular flexibility index (Phi) is 5.53. The van der Waals surface area contributed by atoms with Crippen LogP contribution in [0.15, 0.2) is 51.4 Å². The molecule has 0 saturated carbocycles. The standard InChI is InChI=1S/C18H15Br2ClN2O2/c1-9(17(24)10-2-4-11(19)5-3-10)22-18(25)15-8-12-13(20)6-7-14(21)16(12)23-15/h2-9,17,23-24H,1H3,(H,22,25). The van der Waals surface area contributed by atoms with Crippen molar-refractivity contribution in [3.8, 4) is 0 Å². The predicted molar refractivity (Wildman–Crippen MR) is 107 cm³/mol. The molecule has 7 heteroatoms. The molecule has 3 aromatic rings. The zero-order chi connectivity index (χ0) is 18.1. The average Bonchev–Trinajstić information content (AvgIpc) is 3.05. The molecule has 0 spiro atoms. The molecule has 130 valence electrons. The van der Waals surface area contributed by atoms with Crippen molar-refractivity contribution in [1.29, 1.82) is 0 Å². The molecule has 1 heterocycles. The molecule has 0 fully saturated rings. The molecule has 0 aliphatic rings. The minimum absolute atomic E-state index is 0.303. The SMILES string of the molecule is CC(NC(=O)c1cc2c(Br)ccc(Cl)c2[nH]1)C(O)c1ccc(Br)cc1. The fraction of sp³-hybridized carbons (Fsp3) is 0.167. The molecule has 1 aromatic heterocycles. The van der Waals surface area contributed by atoms with Gasteiger partial charge in [-0.2, -0.15) is 0 Å². The zero-order valence-corrected chi connectivity index (χ0v) is 17.1. The van der Waals surface area contributed by atoms with Crippen LogP contribution in [0.25, 0.3) is 10.9 Å². The molecule has 3 N–H and O–H groups in total. The molecule has 0 radical (unpaired) electrons. The van der Waals surface area contributed by atoms with E-state index in [2.05, 4.69) is 42.2 Å². The highest BCUT2D eigenvalue weighted by atomic mass is 79.9. The van der Waals surface area contributed by atoms with Gasteiger partial charge in [0.1, 0.15) is 5.69 Å². The number of rotatable bonds is 4. The second-order valence-electron chi connectivity index (χ2n) is 5.76. The van der Waals surface area contributed by atoms with Gasteiger partial charge in [0.15, 0.2) is 0 Å². The fourth-order valence-corrected chi connectivity index (χ4v) is 3.51. The third-order valence-corrected chi connectivity index (χ3v) is 5.51. The van der Waals surface area contributed by atoms with Crippen LogP contribution in [0.3, 0.4) is 0 Å². The number of fused-ring (bicyclic) bond motifs is 1. The molecule has 0 bridgehead atoms. The fourth-order valence-electron chi connectivity index (χ4n) is 2.59. The number of carbonyl (C=O) groups excluding carboxylic acids is 1. The van der Waals surface area contributed by atoms with Crippen LogP contribution < -0.4 is 5.32 Å². The summed E-state index contributed by atoms with van der Waals surface area (Å²) in [7, 11) is 0. The van der Waals surface area contributed by atoms with Gasteiger partial charge in [-0.25, -0.2) is 0 Å². The molecular weight excluding hydrogens is 471 g/mol. The molecule has 0 aliphatic carbocycles. The Hall–Kier alpha value is -1.34. The molecule has 2 atom stereocenters. The van der Waals surface area contributed by atoms with Gasteiger partial charge in [0.25, 0.3) is 5.91 Å². The van der Waals surface area contributed by atoms with Gasteiger partial charge in [0, 0.05) is 14.3 Å². The lowest BCUT2D eigenvalue weighted by atomic mass is 10.0. The number of hydrogen-bond donors (Lipinski definition) is 3. The lowest BCUT2D eigenvalue weighted by molar-refractivity contribution is 0.0848. The van der Waals surface area contributed by atoms with Crippen molar-refractivity contribution in [2.24, 2.45) is 0 Å². The van der Waals surface area contributed by atoms with E-state index in [1.165, 1.54) is 0 Å². The maximum absolute atomic E-state index is 12.5. The van der Waals surface area contributed by atoms with Crippen molar-refractivity contribution in [1.82, 2.24) is 10.3 Å². The van der Waals surface area contributed by atoms with Gasteiger partial charge in [-0.1, -0.05) is 55.6 Å². The van der Waals surface area contributed by atoms with E-state index in [9.17, 15) is 9.90 Å². The summed E-state index contributed by atoms with van der Waals surface area (Å²) in [6.45, 7) is 1.76. The Morgan fingerprint density at radius 1 is 1.20 bits per heavy atom. The molecule has 4 nitrogen and oxygen atoms in total. The number of aliphatic hydroxyl groups excluding tert-OH is 1. The zero-order valence-electron chi connectivity index (χ0n) is 13.2. The minimum Gasteiger partial charge on any atom is -0.386 e. The Bertz CT molecular complexity index is 886. The van der Waals surface area contributed by atoms with Crippen LogP contribution >= 0.6 is 43.5 Å². The van der Waals surface area contributed by atoms with Gasteiger partial charge in [-0.05, 0) is 42.8 Å². The molecular formula is C18H15Br2ClN2O2. The molecule has 2 unspecified atom stereocenters. The first kappa shape index (κ1) is 18.5. The first-order valence-corrected chi connectivity index (χ1v) is 9.54. The summed E-state index contributed by atoms with van der Waals surface area (Å²) < 4.78 is 1.78. The highest BCUT2D eigenvalue weighted by Gasteiger charge is 2.20. The van der Waals surface area contributed by atoms with Crippen molar-refractivity contribution in [3.05, 3.63) is 67.7 Å². The maximum atomic E-state index is 12.5. The molecule has 25 heavy (non-hydrogen) atoms. The summed E-state index contributed by atoms with van der Waals surface area (Å²) in [6, 6.07) is 12.2. The van der Waals surface area contributed by atoms with Crippen molar-refractivity contribution < 1.29 is 9.90 Å². The smallest absolute Gasteiger partial charge is 0.268 e. The van der Waals surface area contributed by atoms with Gasteiger partial charge in [0.2, 0.25) is 0 Å². The summed E-state index contributed by atoms with van der Waals surface area (Å²) in [5.41, 5.74) is 1.82. The van der Waals surface area contributed by atoms with Gasteiger partial charge < -0.3 is 15.4 Å². The summed E-state index contributed by atoms with van der Waals surface area (Å²) >= 11 is 13.0. The van der Waals surface area contributed by atoms with Gasteiger partial charge in [-0.15, -0.1) is 0 Å². The van der Waals surface area contributed by atoms with Crippen LogP contribution in [0.1, 0.15) is 29.1 Å². The number of aromatic nitrogens is 1. The second kappa shape index (κ2) is 7.50. The van der Waals surface area contributed by atoms with E-state index in [0.717, 1.165) is 19.9 Å². The topological polar surface area (TPSA) is 65.1 Å². The second-order valence-corrected chi connectivity index (χ2v) is 7.94. The van der Waals surface area contributed by atoms with Crippen molar-refractivity contribution in [2.75, 3.05) is 0 Å². The van der Waals surface area contributed by atoms with Crippen LogP contribution in [0.2, 0.25) is 5.02 Å². The van der Waals surface area contributed by atoms with E-state index < -0.39 is 12.1 Å². The minimum atomic E-state index is -0.809. The lowest BCUT2D eigenvalue weighted by Gasteiger charge is -2.20. The highest BCUT2D eigenvalue weighted by Crippen LogP contribution is 2.30. The lowest BCUT2D eigenvalue weighted by Crippen LogP contribution is -2.37. The van der Waals surface area contributed by atoms with E-state index in [1.807, 2.05) is 30.3 Å². The number of H-pyrrole nitrogens is 1. The molecule has 0 aliphatic heterocycles. The Morgan fingerprint density at radius 3 is 2.52 bits per heavy atom. The molecule has 2 aromatic carbocycles. The van der Waals surface area contributed by atoms with Gasteiger partial charge in [-0.3, -0.25) is 4.79 Å². The normalized spacial score (nSPS) is 13.6. The van der Waals surface area contributed by atoms with E-state index in [4.69, 9.17) is 11.6 Å². The first-order valence-electron chi connectivity index (χ1n) is 7.58. The number of carbonyl (C=O) groups is 1. The van der Waals surface area contributed by atoms with Gasteiger partial charge >= 0.3 is 0 Å². The highest BCUT2D eigenvalue weighted by molar-refractivity contribution is 9.11. The summed E-state index contributed by atoms with van der Waals surface area (Å²) in [4.78, 5) is 15.6. The largest absolute Gasteiger partial charge is 0.386 e. The van der Waals surface area contributed by atoms with Crippen LogP contribution in [0, 0.1) is 0 Å². The van der Waals surface area contributed by atoms with Crippen LogP contribution in [-0.4, -0.2) is 22.0 Å². The van der Waals surface area contributed by atoms with Gasteiger partial charge in [0.05, 0.1) is 22.7 Å². The maximum Gasteiger partial charge on any atom is 0.268 e. The number of benzene rings is 2. The number of amides is 1. The number of hydrogen-bond acceptors (Lipinski definition) is 2. The van der Waals surface area contributed by atoms with Crippen LogP contribution in [0.4, 0.5) is 0 Å². The number of halogens is 3. The molecule has 1 amide bonds. The van der Waals surface area contributed by atoms with E-state index in [-0.39, 0.29) is 5.91 Å². The summed E-state index contributed by atoms with van der Waals surface area (Å²) in [5, 5.41) is 14.6. The predicted octanol–water partition coefficient (Wildman–Crippen LogP) is 5.20. The molecule has 3 rings (SSSR count). The number of nitrogens with one attached hydrogen (secondary N) is 2. The third-order valence-electron chi connectivity index (χ3n) is 3.98. The number of aromatic amines is 1. The Balaban J connectivity index is 1.78. The summed E-state index contributed by atoms with van der Waals surface area (Å²) in [6.07, 6.45) is -0.809. The quantitative estimate of drug-likeness (QED) is 0.475. The first-order chi connectivity index (χ1) is 11.9. The Labute approximate surface area is 166 Å². The van der Waals surface area contributed by atoms with E-state index in [0.29, 0.717) is 16.2 Å². The van der Waals surface area contributed by atoms with Crippen molar-refractivity contribution >= 4 is 60.3 Å². The van der Waals surface area contributed by atoms with E-state index >= 15 is 0 Å². The van der Waals surface area contributed by atoms with Crippen LogP contribution in [0.5, 0.6) is 0 Å². The van der Waals surface area contributed by atoms with Crippen molar-refractivity contribution in [2.45, 2.75) is 19.1 Å².